The monoisotopic (exact) mass is 322 g/mol. The SMILES string of the molecule is OCCC1CC(NCC2CCCCC2)CN(c2ccsc2)C1. The number of hydrogen-bond acceptors (Lipinski definition) is 4. The molecule has 0 spiro atoms. The van der Waals surface area contributed by atoms with Crippen molar-refractivity contribution >= 4 is 17.0 Å². The second-order valence-corrected chi connectivity index (χ2v) is 7.89. The second-order valence-electron chi connectivity index (χ2n) is 7.11. The van der Waals surface area contributed by atoms with Gasteiger partial charge in [0.1, 0.15) is 0 Å². The van der Waals surface area contributed by atoms with Crippen molar-refractivity contribution in [2.45, 2.75) is 51.0 Å². The van der Waals surface area contributed by atoms with Crippen LogP contribution in [-0.4, -0.2) is 37.4 Å². The lowest BCUT2D eigenvalue weighted by atomic mass is 9.88. The molecule has 3 nitrogen and oxygen atoms in total. The fourth-order valence-electron chi connectivity index (χ4n) is 4.12. The molecule has 1 saturated heterocycles. The number of anilines is 1. The van der Waals surface area contributed by atoms with Gasteiger partial charge in [-0.3, -0.25) is 0 Å². The highest BCUT2D eigenvalue weighted by atomic mass is 32.1. The van der Waals surface area contributed by atoms with Crippen LogP contribution in [0, 0.1) is 11.8 Å². The minimum atomic E-state index is 0.317. The molecule has 2 fully saturated rings. The van der Waals surface area contributed by atoms with Crippen molar-refractivity contribution in [2.24, 2.45) is 11.8 Å². The number of hydrogen-bond donors (Lipinski definition) is 2. The third kappa shape index (κ3) is 4.46. The van der Waals surface area contributed by atoms with Crippen molar-refractivity contribution < 1.29 is 5.11 Å². The van der Waals surface area contributed by atoms with Gasteiger partial charge in [-0.25, -0.2) is 0 Å². The van der Waals surface area contributed by atoms with E-state index in [4.69, 9.17) is 0 Å². The molecule has 3 rings (SSSR count). The van der Waals surface area contributed by atoms with E-state index in [9.17, 15) is 5.11 Å². The maximum Gasteiger partial charge on any atom is 0.0475 e. The van der Waals surface area contributed by atoms with Gasteiger partial charge >= 0.3 is 0 Å². The largest absolute Gasteiger partial charge is 0.396 e. The van der Waals surface area contributed by atoms with Crippen LogP contribution in [0.1, 0.15) is 44.9 Å². The second kappa shape index (κ2) is 8.32. The first-order valence-electron chi connectivity index (χ1n) is 8.96. The minimum Gasteiger partial charge on any atom is -0.396 e. The van der Waals surface area contributed by atoms with E-state index in [1.807, 2.05) is 0 Å². The third-order valence-corrected chi connectivity index (χ3v) is 6.04. The quantitative estimate of drug-likeness (QED) is 0.841. The molecular formula is C18H30N2OS. The lowest BCUT2D eigenvalue weighted by molar-refractivity contribution is 0.225. The Kier molecular flexibility index (Phi) is 6.16. The van der Waals surface area contributed by atoms with Crippen molar-refractivity contribution in [3.63, 3.8) is 0 Å². The zero-order chi connectivity index (χ0) is 15.2. The van der Waals surface area contributed by atoms with E-state index < -0.39 is 0 Å². The molecule has 124 valence electrons. The van der Waals surface area contributed by atoms with Gasteiger partial charge in [-0.1, -0.05) is 19.3 Å². The van der Waals surface area contributed by atoms with Crippen molar-refractivity contribution in [3.8, 4) is 0 Å². The molecule has 1 aliphatic heterocycles. The molecule has 0 aromatic carbocycles. The zero-order valence-corrected chi connectivity index (χ0v) is 14.4. The van der Waals surface area contributed by atoms with E-state index in [2.05, 4.69) is 27.0 Å². The summed E-state index contributed by atoms with van der Waals surface area (Å²) < 4.78 is 0. The average molecular weight is 323 g/mol. The number of rotatable bonds is 6. The van der Waals surface area contributed by atoms with Crippen molar-refractivity contribution in [3.05, 3.63) is 16.8 Å². The Bertz CT molecular complexity index is 417. The molecule has 1 aromatic heterocycles. The molecule has 0 amide bonds. The normalized spacial score (nSPS) is 27.2. The molecule has 2 atom stereocenters. The number of nitrogens with zero attached hydrogens (tertiary/aromatic N) is 1. The van der Waals surface area contributed by atoms with Crippen LogP contribution in [-0.2, 0) is 0 Å². The summed E-state index contributed by atoms with van der Waals surface area (Å²) in [6.45, 7) is 3.72. The minimum absolute atomic E-state index is 0.317. The Morgan fingerprint density at radius 3 is 2.77 bits per heavy atom. The molecule has 0 radical (unpaired) electrons. The Morgan fingerprint density at radius 1 is 1.18 bits per heavy atom. The lowest BCUT2D eigenvalue weighted by Crippen LogP contribution is -2.50. The fourth-order valence-corrected chi connectivity index (χ4v) is 4.78. The standard InChI is InChI=1S/C18H30N2OS/c21-8-6-16-10-17(19-11-15-4-2-1-3-5-15)13-20(12-16)18-7-9-22-14-18/h7,9,14-17,19,21H,1-6,8,10-13H2. The zero-order valence-electron chi connectivity index (χ0n) is 13.5. The van der Waals surface area contributed by atoms with Gasteiger partial charge in [0.2, 0.25) is 0 Å². The van der Waals surface area contributed by atoms with E-state index in [1.54, 1.807) is 11.3 Å². The topological polar surface area (TPSA) is 35.5 Å². The highest BCUT2D eigenvalue weighted by molar-refractivity contribution is 7.08. The predicted molar refractivity (Wildman–Crippen MR) is 94.7 cm³/mol. The molecule has 2 unspecified atom stereocenters. The molecule has 2 N–H and O–H groups in total. The highest BCUT2D eigenvalue weighted by Crippen LogP contribution is 2.28. The van der Waals surface area contributed by atoms with Crippen LogP contribution in [0.3, 0.4) is 0 Å². The summed E-state index contributed by atoms with van der Waals surface area (Å²) in [5, 5.41) is 17.6. The van der Waals surface area contributed by atoms with Gasteiger partial charge in [-0.05, 0) is 55.5 Å². The number of aliphatic hydroxyl groups excluding tert-OH is 1. The van der Waals surface area contributed by atoms with E-state index in [0.717, 1.165) is 25.4 Å². The van der Waals surface area contributed by atoms with Crippen LogP contribution in [0.15, 0.2) is 16.8 Å². The molecule has 2 aliphatic rings. The molecule has 2 heterocycles. The maximum atomic E-state index is 9.32. The van der Waals surface area contributed by atoms with E-state index in [0.29, 0.717) is 18.6 Å². The van der Waals surface area contributed by atoms with Gasteiger partial charge in [0.25, 0.3) is 0 Å². The van der Waals surface area contributed by atoms with E-state index >= 15 is 0 Å². The molecule has 1 aromatic rings. The molecule has 0 bridgehead atoms. The average Bonchev–Trinajstić information content (AvgIpc) is 3.09. The Morgan fingerprint density at radius 2 is 2.05 bits per heavy atom. The first kappa shape index (κ1) is 16.3. The molecular weight excluding hydrogens is 292 g/mol. The number of thiophene rings is 1. The maximum absolute atomic E-state index is 9.32. The molecule has 4 heteroatoms. The van der Waals surface area contributed by atoms with E-state index in [1.165, 1.54) is 50.8 Å². The summed E-state index contributed by atoms with van der Waals surface area (Å²) in [6, 6.07) is 2.80. The first-order chi connectivity index (χ1) is 10.8. The third-order valence-electron chi connectivity index (χ3n) is 5.37. The van der Waals surface area contributed by atoms with Crippen LogP contribution >= 0.6 is 11.3 Å². The summed E-state index contributed by atoms with van der Waals surface area (Å²) in [5.41, 5.74) is 1.36. The summed E-state index contributed by atoms with van der Waals surface area (Å²) >= 11 is 1.77. The van der Waals surface area contributed by atoms with Gasteiger partial charge in [0, 0.05) is 36.8 Å². The van der Waals surface area contributed by atoms with Crippen LogP contribution in [0.4, 0.5) is 5.69 Å². The van der Waals surface area contributed by atoms with Crippen molar-refractivity contribution in [2.75, 3.05) is 31.1 Å². The Labute approximate surface area is 138 Å². The van der Waals surface area contributed by atoms with Crippen LogP contribution in [0.2, 0.25) is 0 Å². The molecule has 1 aliphatic carbocycles. The lowest BCUT2D eigenvalue weighted by Gasteiger charge is -2.39. The highest BCUT2D eigenvalue weighted by Gasteiger charge is 2.27. The van der Waals surface area contributed by atoms with Gasteiger partial charge in [0.15, 0.2) is 0 Å². The Balaban J connectivity index is 1.54. The fraction of sp³-hybridized carbons (Fsp3) is 0.778. The number of aliphatic hydroxyl groups is 1. The van der Waals surface area contributed by atoms with Gasteiger partial charge in [-0.2, -0.15) is 11.3 Å². The molecule has 22 heavy (non-hydrogen) atoms. The molecule has 1 saturated carbocycles. The summed E-state index contributed by atoms with van der Waals surface area (Å²) in [4.78, 5) is 2.51. The summed E-state index contributed by atoms with van der Waals surface area (Å²) in [6.07, 6.45) is 9.25. The Hall–Kier alpha value is -0.580. The van der Waals surface area contributed by atoms with Gasteiger partial charge in [-0.15, -0.1) is 0 Å². The van der Waals surface area contributed by atoms with Crippen LogP contribution in [0.25, 0.3) is 0 Å². The van der Waals surface area contributed by atoms with Gasteiger partial charge < -0.3 is 15.3 Å². The van der Waals surface area contributed by atoms with Gasteiger partial charge in [0.05, 0.1) is 0 Å². The summed E-state index contributed by atoms with van der Waals surface area (Å²) in [7, 11) is 0. The van der Waals surface area contributed by atoms with E-state index in [-0.39, 0.29) is 0 Å². The van der Waals surface area contributed by atoms with Crippen molar-refractivity contribution in [1.29, 1.82) is 0 Å². The van der Waals surface area contributed by atoms with Crippen LogP contribution < -0.4 is 10.2 Å². The number of nitrogens with one attached hydrogen (secondary N) is 1. The first-order valence-corrected chi connectivity index (χ1v) is 9.91. The predicted octanol–water partition coefficient (Wildman–Crippen LogP) is 3.50. The smallest absolute Gasteiger partial charge is 0.0475 e. The van der Waals surface area contributed by atoms with Crippen LogP contribution in [0.5, 0.6) is 0 Å². The van der Waals surface area contributed by atoms with Crippen molar-refractivity contribution in [1.82, 2.24) is 5.32 Å². The summed E-state index contributed by atoms with van der Waals surface area (Å²) in [5.74, 6) is 1.50. The number of piperidine rings is 1.